The molecule has 0 radical (unpaired) electrons. The van der Waals surface area contributed by atoms with Gasteiger partial charge in [-0.15, -0.1) is 13.2 Å². The summed E-state index contributed by atoms with van der Waals surface area (Å²) >= 11 is 0. The Balaban J connectivity index is 3.30. The SMILES string of the molecule is COc1cc(C#N)nc(OC(F)(F)F)c1OC. The topological polar surface area (TPSA) is 64.4 Å². The Hall–Kier alpha value is -2.17. The normalized spacial score (nSPS) is 10.6. The van der Waals surface area contributed by atoms with E-state index in [1.165, 1.54) is 7.11 Å². The lowest BCUT2D eigenvalue weighted by molar-refractivity contribution is -0.276. The third kappa shape index (κ3) is 3.14. The lowest BCUT2D eigenvalue weighted by Gasteiger charge is -2.13. The second-order valence-electron chi connectivity index (χ2n) is 2.71. The molecule has 5 nitrogen and oxygen atoms in total. The number of alkyl halides is 3. The minimum Gasteiger partial charge on any atom is -0.493 e. The number of nitrogens with zero attached hydrogens (tertiary/aromatic N) is 2. The maximum Gasteiger partial charge on any atom is 0.574 e. The Labute approximate surface area is 94.3 Å². The molecule has 0 amide bonds. The summed E-state index contributed by atoms with van der Waals surface area (Å²) in [4.78, 5) is 3.35. The van der Waals surface area contributed by atoms with Crippen LogP contribution in [0.1, 0.15) is 5.69 Å². The summed E-state index contributed by atoms with van der Waals surface area (Å²) in [5.74, 6) is -1.27. The number of aromatic nitrogens is 1. The first-order chi connectivity index (χ1) is 7.91. The van der Waals surface area contributed by atoms with Gasteiger partial charge in [0, 0.05) is 6.07 Å². The van der Waals surface area contributed by atoms with E-state index in [1.54, 1.807) is 6.07 Å². The number of hydrogen-bond donors (Lipinski definition) is 0. The summed E-state index contributed by atoms with van der Waals surface area (Å²) in [7, 11) is 2.35. The van der Waals surface area contributed by atoms with Crippen LogP contribution in [0.5, 0.6) is 17.4 Å². The summed E-state index contributed by atoms with van der Waals surface area (Å²) < 4.78 is 49.4. The molecule has 0 unspecified atom stereocenters. The summed E-state index contributed by atoms with van der Waals surface area (Å²) in [5.41, 5.74) is -0.276. The van der Waals surface area contributed by atoms with Crippen LogP contribution in [-0.2, 0) is 0 Å². The number of nitriles is 1. The molecule has 0 bridgehead atoms. The van der Waals surface area contributed by atoms with Crippen molar-refractivity contribution in [3.63, 3.8) is 0 Å². The van der Waals surface area contributed by atoms with Gasteiger partial charge in [-0.2, -0.15) is 10.2 Å². The van der Waals surface area contributed by atoms with Gasteiger partial charge in [-0.1, -0.05) is 0 Å². The van der Waals surface area contributed by atoms with Gasteiger partial charge in [0.2, 0.25) is 5.75 Å². The Morgan fingerprint density at radius 2 is 1.94 bits per heavy atom. The Morgan fingerprint density at radius 3 is 2.35 bits per heavy atom. The van der Waals surface area contributed by atoms with Crippen LogP contribution in [0.2, 0.25) is 0 Å². The molecule has 0 aromatic carbocycles. The smallest absolute Gasteiger partial charge is 0.493 e. The van der Waals surface area contributed by atoms with Crippen LogP contribution in [-0.4, -0.2) is 25.6 Å². The van der Waals surface area contributed by atoms with Crippen molar-refractivity contribution in [1.29, 1.82) is 5.26 Å². The van der Waals surface area contributed by atoms with E-state index in [4.69, 9.17) is 14.7 Å². The van der Waals surface area contributed by atoms with E-state index in [-0.39, 0.29) is 17.2 Å². The van der Waals surface area contributed by atoms with Crippen LogP contribution >= 0.6 is 0 Å². The van der Waals surface area contributed by atoms with E-state index in [0.29, 0.717) is 0 Å². The Morgan fingerprint density at radius 1 is 1.29 bits per heavy atom. The van der Waals surface area contributed by atoms with Gasteiger partial charge in [0.1, 0.15) is 11.8 Å². The van der Waals surface area contributed by atoms with Crippen molar-refractivity contribution in [3.05, 3.63) is 11.8 Å². The first kappa shape index (κ1) is 12.9. The van der Waals surface area contributed by atoms with Gasteiger partial charge in [0.25, 0.3) is 5.88 Å². The summed E-state index contributed by atoms with van der Waals surface area (Å²) in [5, 5.41) is 8.60. The molecule has 92 valence electrons. The van der Waals surface area contributed by atoms with Crippen molar-refractivity contribution < 1.29 is 27.4 Å². The quantitative estimate of drug-likeness (QED) is 0.816. The highest BCUT2D eigenvalue weighted by Gasteiger charge is 2.34. The molecule has 0 aliphatic rings. The molecule has 0 aliphatic carbocycles. The van der Waals surface area contributed by atoms with Crippen LogP contribution in [0, 0.1) is 11.3 Å². The average Bonchev–Trinajstić information content (AvgIpc) is 2.25. The van der Waals surface area contributed by atoms with Gasteiger partial charge in [-0.05, 0) is 0 Å². The van der Waals surface area contributed by atoms with E-state index < -0.39 is 12.2 Å². The van der Waals surface area contributed by atoms with Crippen molar-refractivity contribution in [1.82, 2.24) is 4.98 Å². The van der Waals surface area contributed by atoms with Crippen molar-refractivity contribution >= 4 is 0 Å². The van der Waals surface area contributed by atoms with Gasteiger partial charge in [0.05, 0.1) is 14.2 Å². The van der Waals surface area contributed by atoms with Crippen molar-refractivity contribution in [2.75, 3.05) is 14.2 Å². The molecule has 0 atom stereocenters. The fourth-order valence-corrected chi connectivity index (χ4v) is 1.06. The number of methoxy groups -OCH3 is 2. The predicted octanol–water partition coefficient (Wildman–Crippen LogP) is 1.87. The van der Waals surface area contributed by atoms with Gasteiger partial charge in [-0.25, -0.2) is 0 Å². The standard InChI is InChI=1S/C9H7F3N2O3/c1-15-6-3-5(4-13)14-8(7(6)16-2)17-9(10,11)12/h3H,1-2H3. The molecule has 0 saturated heterocycles. The van der Waals surface area contributed by atoms with Crippen LogP contribution in [0.15, 0.2) is 6.07 Å². The highest BCUT2D eigenvalue weighted by Crippen LogP contribution is 2.38. The fraction of sp³-hybridized carbons (Fsp3) is 0.333. The number of ether oxygens (including phenoxy) is 3. The summed E-state index contributed by atoms with van der Waals surface area (Å²) in [6.45, 7) is 0. The van der Waals surface area contributed by atoms with E-state index >= 15 is 0 Å². The minimum absolute atomic E-state index is 0.0710. The van der Waals surface area contributed by atoms with E-state index in [1.807, 2.05) is 0 Å². The van der Waals surface area contributed by atoms with E-state index in [0.717, 1.165) is 13.2 Å². The molecular formula is C9H7F3N2O3. The van der Waals surface area contributed by atoms with Crippen LogP contribution < -0.4 is 14.2 Å². The molecular weight excluding hydrogens is 241 g/mol. The fourth-order valence-electron chi connectivity index (χ4n) is 1.06. The van der Waals surface area contributed by atoms with Crippen molar-refractivity contribution in [3.8, 4) is 23.4 Å². The van der Waals surface area contributed by atoms with Crippen LogP contribution in [0.4, 0.5) is 13.2 Å². The molecule has 0 saturated carbocycles. The Bertz CT molecular complexity index is 454. The molecule has 1 rings (SSSR count). The zero-order valence-corrected chi connectivity index (χ0v) is 8.83. The summed E-state index contributed by atoms with van der Waals surface area (Å²) in [6.07, 6.45) is -4.93. The van der Waals surface area contributed by atoms with E-state index in [2.05, 4.69) is 9.72 Å². The average molecular weight is 248 g/mol. The maximum atomic E-state index is 12.1. The molecule has 0 aliphatic heterocycles. The number of halogens is 3. The summed E-state index contributed by atoms with van der Waals surface area (Å²) in [6, 6.07) is 2.73. The first-order valence-corrected chi connectivity index (χ1v) is 4.20. The van der Waals surface area contributed by atoms with Crippen LogP contribution in [0.3, 0.4) is 0 Å². The second kappa shape index (κ2) is 4.78. The predicted molar refractivity (Wildman–Crippen MR) is 48.7 cm³/mol. The third-order valence-electron chi connectivity index (χ3n) is 1.66. The molecule has 1 aromatic heterocycles. The van der Waals surface area contributed by atoms with Gasteiger partial charge < -0.3 is 14.2 Å². The number of hydrogen-bond acceptors (Lipinski definition) is 5. The first-order valence-electron chi connectivity index (χ1n) is 4.20. The van der Waals surface area contributed by atoms with Gasteiger partial charge >= 0.3 is 6.36 Å². The van der Waals surface area contributed by atoms with Gasteiger partial charge in [0.15, 0.2) is 5.75 Å². The van der Waals surface area contributed by atoms with Crippen molar-refractivity contribution in [2.24, 2.45) is 0 Å². The highest BCUT2D eigenvalue weighted by molar-refractivity contribution is 5.50. The largest absolute Gasteiger partial charge is 0.574 e. The lowest BCUT2D eigenvalue weighted by Crippen LogP contribution is -2.19. The van der Waals surface area contributed by atoms with E-state index in [9.17, 15) is 13.2 Å². The highest BCUT2D eigenvalue weighted by atomic mass is 19.4. The zero-order chi connectivity index (χ0) is 13.1. The third-order valence-corrected chi connectivity index (χ3v) is 1.66. The molecule has 1 heterocycles. The zero-order valence-electron chi connectivity index (χ0n) is 8.83. The van der Waals surface area contributed by atoms with Crippen LogP contribution in [0.25, 0.3) is 0 Å². The minimum atomic E-state index is -4.93. The van der Waals surface area contributed by atoms with Crippen molar-refractivity contribution in [2.45, 2.75) is 6.36 Å². The molecule has 0 N–H and O–H groups in total. The van der Waals surface area contributed by atoms with Gasteiger partial charge in [-0.3, -0.25) is 0 Å². The molecule has 1 aromatic rings. The molecule has 0 spiro atoms. The lowest BCUT2D eigenvalue weighted by atomic mass is 10.3. The molecule has 0 fully saturated rings. The maximum absolute atomic E-state index is 12.1. The Kier molecular flexibility index (Phi) is 3.62. The monoisotopic (exact) mass is 248 g/mol. The molecule has 17 heavy (non-hydrogen) atoms. The number of rotatable bonds is 3. The second-order valence-corrected chi connectivity index (χ2v) is 2.71. The molecule has 8 heteroatoms. The number of pyridine rings is 1.